The molecule has 2 aliphatic rings. The lowest BCUT2D eigenvalue weighted by Crippen LogP contribution is -2.15. The number of carboxylic acid groups (broad SMARTS) is 1. The molecule has 0 amide bonds. The molecule has 0 bridgehead atoms. The summed E-state index contributed by atoms with van der Waals surface area (Å²) < 4.78 is 43.0. The first kappa shape index (κ1) is 24.8. The van der Waals surface area contributed by atoms with Crippen molar-refractivity contribution < 1.29 is 36.8 Å². The van der Waals surface area contributed by atoms with Gasteiger partial charge >= 0.3 is 22.1 Å². The number of aryl methyl sites for hydroxylation is 1. The van der Waals surface area contributed by atoms with Crippen LogP contribution in [0.3, 0.4) is 0 Å². The van der Waals surface area contributed by atoms with Gasteiger partial charge in [0.15, 0.2) is 5.75 Å². The molecule has 1 atom stereocenters. The largest absolute Gasteiger partial charge is 0.496 e. The van der Waals surface area contributed by atoms with Gasteiger partial charge in [0, 0.05) is 17.5 Å². The van der Waals surface area contributed by atoms with Gasteiger partial charge in [-0.3, -0.25) is 4.79 Å². The average Bonchev–Trinajstić information content (AvgIpc) is 3.33. The molecular weight excluding hydrogens is 472 g/mol. The number of hydrogen-bond acceptors (Lipinski definition) is 7. The van der Waals surface area contributed by atoms with Crippen molar-refractivity contribution in [2.45, 2.75) is 58.0 Å². The number of aliphatic carboxylic acids is 1. The first-order valence-corrected chi connectivity index (χ1v) is 12.7. The zero-order valence-electron chi connectivity index (χ0n) is 20.1. The Morgan fingerprint density at radius 2 is 1.86 bits per heavy atom. The van der Waals surface area contributed by atoms with E-state index in [4.69, 9.17) is 13.7 Å². The number of hydrogen-bond donors (Lipinski definition) is 1. The van der Waals surface area contributed by atoms with Crippen molar-refractivity contribution in [3.8, 4) is 11.5 Å². The van der Waals surface area contributed by atoms with Gasteiger partial charge in [0.1, 0.15) is 22.8 Å². The standard InChI is InChI=1S/C26H28O8S/c1-15-5-7-18(8-6-15)35(30,31)34-24-19(11-17-9-10-26(3,12-17)13-21(27)28)23(32-4)16(2)20-14-33-25(29)22(20)24/h5-8,12H,9-11,13-14H2,1-4H3,(H,27,28). The van der Waals surface area contributed by atoms with Crippen LogP contribution in [-0.2, 0) is 32.7 Å². The van der Waals surface area contributed by atoms with Crippen molar-refractivity contribution in [3.05, 3.63) is 63.7 Å². The molecule has 1 aliphatic heterocycles. The second-order valence-electron chi connectivity index (χ2n) is 9.45. The SMILES string of the molecule is COc1c(C)c2c(c(OS(=O)(=O)c3ccc(C)cc3)c1CC1=CC(C)(CC(=O)O)CC1)C(=O)OC2. The van der Waals surface area contributed by atoms with Gasteiger partial charge in [0.2, 0.25) is 0 Å². The van der Waals surface area contributed by atoms with Gasteiger partial charge in [-0.15, -0.1) is 0 Å². The first-order chi connectivity index (χ1) is 16.4. The first-order valence-electron chi connectivity index (χ1n) is 11.3. The Hall–Kier alpha value is -3.33. The lowest BCUT2D eigenvalue weighted by molar-refractivity contribution is -0.138. The van der Waals surface area contributed by atoms with E-state index in [9.17, 15) is 23.1 Å². The summed E-state index contributed by atoms with van der Waals surface area (Å²) in [5.74, 6) is -1.22. The number of rotatable bonds is 8. The van der Waals surface area contributed by atoms with Crippen LogP contribution in [0.2, 0.25) is 0 Å². The highest BCUT2D eigenvalue weighted by Crippen LogP contribution is 2.47. The summed E-state index contributed by atoms with van der Waals surface area (Å²) in [5, 5.41) is 9.28. The minimum absolute atomic E-state index is 0.00302. The summed E-state index contributed by atoms with van der Waals surface area (Å²) in [6.45, 7) is 5.52. The Morgan fingerprint density at radius 3 is 2.49 bits per heavy atom. The number of cyclic esters (lactones) is 1. The van der Waals surface area contributed by atoms with Crippen molar-refractivity contribution in [1.82, 2.24) is 0 Å². The molecule has 2 aromatic carbocycles. The number of benzene rings is 2. The predicted molar refractivity (Wildman–Crippen MR) is 127 cm³/mol. The summed E-state index contributed by atoms with van der Waals surface area (Å²) >= 11 is 0. The number of ether oxygens (including phenoxy) is 2. The van der Waals surface area contributed by atoms with E-state index in [2.05, 4.69) is 0 Å². The van der Waals surface area contributed by atoms with Gasteiger partial charge in [0.05, 0.1) is 13.5 Å². The van der Waals surface area contributed by atoms with Crippen LogP contribution in [0, 0.1) is 19.3 Å². The molecule has 4 rings (SSSR count). The Balaban J connectivity index is 1.85. The molecule has 0 spiro atoms. The van der Waals surface area contributed by atoms with Crippen LogP contribution >= 0.6 is 0 Å². The highest BCUT2D eigenvalue weighted by Gasteiger charge is 2.37. The van der Waals surface area contributed by atoms with Crippen LogP contribution in [0.4, 0.5) is 0 Å². The molecule has 0 radical (unpaired) electrons. The van der Waals surface area contributed by atoms with Crippen LogP contribution in [0.5, 0.6) is 11.5 Å². The summed E-state index contributed by atoms with van der Waals surface area (Å²) in [5.41, 5.74) is 3.02. The highest BCUT2D eigenvalue weighted by atomic mass is 32.2. The molecule has 0 aromatic heterocycles. The predicted octanol–water partition coefficient (Wildman–Crippen LogP) is 4.49. The Kier molecular flexibility index (Phi) is 6.40. The van der Waals surface area contributed by atoms with E-state index in [1.807, 2.05) is 19.9 Å². The second kappa shape index (κ2) is 9.03. The molecule has 35 heavy (non-hydrogen) atoms. The topological polar surface area (TPSA) is 116 Å². The van der Waals surface area contributed by atoms with Crippen molar-refractivity contribution in [2.24, 2.45) is 5.41 Å². The van der Waals surface area contributed by atoms with Gasteiger partial charge in [-0.05, 0) is 49.8 Å². The van der Waals surface area contributed by atoms with E-state index in [1.165, 1.54) is 19.2 Å². The van der Waals surface area contributed by atoms with Crippen molar-refractivity contribution in [3.63, 3.8) is 0 Å². The fraction of sp³-hybridized carbons (Fsp3) is 0.385. The number of esters is 1. The Labute approximate surface area is 204 Å². The monoisotopic (exact) mass is 500 g/mol. The number of fused-ring (bicyclic) bond motifs is 1. The fourth-order valence-electron chi connectivity index (χ4n) is 4.87. The van der Waals surface area contributed by atoms with Crippen LogP contribution in [0.15, 0.2) is 40.8 Å². The van der Waals surface area contributed by atoms with E-state index in [-0.39, 0.29) is 35.7 Å². The molecule has 1 N–H and O–H groups in total. The average molecular weight is 501 g/mol. The lowest BCUT2D eigenvalue weighted by atomic mass is 9.86. The molecule has 2 aromatic rings. The summed E-state index contributed by atoms with van der Waals surface area (Å²) in [7, 11) is -2.79. The zero-order chi connectivity index (χ0) is 25.5. The van der Waals surface area contributed by atoms with Gasteiger partial charge in [0.25, 0.3) is 0 Å². The molecule has 1 aliphatic carbocycles. The van der Waals surface area contributed by atoms with E-state index >= 15 is 0 Å². The summed E-state index contributed by atoms with van der Waals surface area (Å²) in [6.07, 6.45) is 3.46. The molecule has 0 saturated heterocycles. The maximum atomic E-state index is 13.2. The molecule has 186 valence electrons. The quantitative estimate of drug-likeness (QED) is 0.320. The van der Waals surface area contributed by atoms with E-state index in [0.29, 0.717) is 35.3 Å². The van der Waals surface area contributed by atoms with Gasteiger partial charge < -0.3 is 18.8 Å². The third-order valence-electron chi connectivity index (χ3n) is 6.66. The maximum absolute atomic E-state index is 13.2. The van der Waals surface area contributed by atoms with Gasteiger partial charge in [-0.2, -0.15) is 8.42 Å². The van der Waals surface area contributed by atoms with Gasteiger partial charge in [-0.1, -0.05) is 36.3 Å². The molecule has 0 saturated carbocycles. The third-order valence-corrected chi connectivity index (χ3v) is 7.89. The molecule has 1 heterocycles. The van der Waals surface area contributed by atoms with Crippen LogP contribution in [-0.4, -0.2) is 32.6 Å². The minimum atomic E-state index is -4.27. The minimum Gasteiger partial charge on any atom is -0.496 e. The molecule has 9 heteroatoms. The number of carbonyl (C=O) groups excluding carboxylic acids is 1. The number of carboxylic acids is 1. The van der Waals surface area contributed by atoms with Crippen molar-refractivity contribution in [1.29, 1.82) is 0 Å². The Morgan fingerprint density at radius 1 is 1.17 bits per heavy atom. The molecule has 8 nitrogen and oxygen atoms in total. The molecule has 1 unspecified atom stereocenters. The van der Waals surface area contributed by atoms with Crippen LogP contribution in [0.25, 0.3) is 0 Å². The molecule has 0 fully saturated rings. The second-order valence-corrected chi connectivity index (χ2v) is 11.0. The molecular formula is C26H28O8S. The highest BCUT2D eigenvalue weighted by molar-refractivity contribution is 7.87. The number of allylic oxidation sites excluding steroid dienone is 2. The Bertz CT molecular complexity index is 1340. The van der Waals surface area contributed by atoms with E-state index in [1.54, 1.807) is 19.1 Å². The van der Waals surface area contributed by atoms with Crippen LogP contribution < -0.4 is 8.92 Å². The lowest BCUT2D eigenvalue weighted by Gasteiger charge is -2.20. The third kappa shape index (κ3) is 4.77. The number of carbonyl (C=O) groups is 2. The summed E-state index contributed by atoms with van der Waals surface area (Å²) in [4.78, 5) is 24.0. The van der Waals surface area contributed by atoms with E-state index in [0.717, 1.165) is 11.1 Å². The zero-order valence-corrected chi connectivity index (χ0v) is 21.0. The fourth-order valence-corrected chi connectivity index (χ4v) is 5.84. The van der Waals surface area contributed by atoms with Crippen molar-refractivity contribution in [2.75, 3.05) is 7.11 Å². The summed E-state index contributed by atoms with van der Waals surface area (Å²) in [6, 6.07) is 6.23. The van der Waals surface area contributed by atoms with Crippen LogP contribution in [0.1, 0.15) is 58.8 Å². The number of methoxy groups -OCH3 is 1. The maximum Gasteiger partial charge on any atom is 0.342 e. The van der Waals surface area contributed by atoms with E-state index < -0.39 is 27.5 Å². The normalized spacial score (nSPS) is 19.2. The van der Waals surface area contributed by atoms with Gasteiger partial charge in [-0.25, -0.2) is 4.79 Å². The van der Waals surface area contributed by atoms with Crippen molar-refractivity contribution >= 4 is 22.1 Å². The smallest absolute Gasteiger partial charge is 0.342 e.